The van der Waals surface area contributed by atoms with Gasteiger partial charge in [0.25, 0.3) is 5.56 Å². The maximum Gasteiger partial charge on any atom is 0.269 e. The second kappa shape index (κ2) is 4.18. The van der Waals surface area contributed by atoms with Gasteiger partial charge in [-0.15, -0.1) is 0 Å². The summed E-state index contributed by atoms with van der Waals surface area (Å²) in [6.07, 6.45) is 1.20. The van der Waals surface area contributed by atoms with Crippen molar-refractivity contribution >= 4 is 0 Å². The SMILES string of the molecule is Cc1cc(-c2ncc(C#N)c(=O)[nH]2)ccc1F. The minimum absolute atomic E-state index is 0.0485. The van der Waals surface area contributed by atoms with Gasteiger partial charge >= 0.3 is 0 Å². The Morgan fingerprint density at radius 3 is 2.82 bits per heavy atom. The Morgan fingerprint density at radius 2 is 2.24 bits per heavy atom. The molecule has 0 aliphatic rings. The van der Waals surface area contributed by atoms with Gasteiger partial charge in [0, 0.05) is 5.56 Å². The summed E-state index contributed by atoms with van der Waals surface area (Å²) >= 11 is 0. The molecule has 4 nitrogen and oxygen atoms in total. The van der Waals surface area contributed by atoms with E-state index in [1.54, 1.807) is 19.1 Å². The third kappa shape index (κ3) is 2.06. The van der Waals surface area contributed by atoms with E-state index in [1.807, 2.05) is 0 Å². The molecule has 0 radical (unpaired) electrons. The molecule has 1 aromatic heterocycles. The Labute approximate surface area is 96.4 Å². The monoisotopic (exact) mass is 229 g/mol. The molecule has 17 heavy (non-hydrogen) atoms. The van der Waals surface area contributed by atoms with Crippen LogP contribution in [0.2, 0.25) is 0 Å². The quantitative estimate of drug-likeness (QED) is 0.809. The summed E-state index contributed by atoms with van der Waals surface area (Å²) in [5.41, 5.74) is 0.520. The Hall–Kier alpha value is -2.48. The highest BCUT2D eigenvalue weighted by atomic mass is 19.1. The third-order valence-corrected chi connectivity index (χ3v) is 2.35. The zero-order valence-corrected chi connectivity index (χ0v) is 8.99. The normalized spacial score (nSPS) is 9.94. The molecule has 0 bridgehead atoms. The number of benzene rings is 1. The zero-order valence-electron chi connectivity index (χ0n) is 8.99. The molecule has 0 aliphatic heterocycles. The van der Waals surface area contributed by atoms with Crippen LogP contribution in [0.15, 0.2) is 29.2 Å². The summed E-state index contributed by atoms with van der Waals surface area (Å²) in [4.78, 5) is 17.8. The Morgan fingerprint density at radius 1 is 1.47 bits per heavy atom. The van der Waals surface area contributed by atoms with E-state index < -0.39 is 5.56 Å². The lowest BCUT2D eigenvalue weighted by atomic mass is 10.1. The molecule has 0 saturated heterocycles. The number of hydrogen-bond acceptors (Lipinski definition) is 3. The summed E-state index contributed by atoms with van der Waals surface area (Å²) in [7, 11) is 0. The number of rotatable bonds is 1. The zero-order chi connectivity index (χ0) is 12.4. The number of nitrogens with one attached hydrogen (secondary N) is 1. The van der Waals surface area contributed by atoms with Crippen LogP contribution in [-0.4, -0.2) is 9.97 Å². The van der Waals surface area contributed by atoms with E-state index in [4.69, 9.17) is 5.26 Å². The van der Waals surface area contributed by atoms with Gasteiger partial charge in [-0.2, -0.15) is 5.26 Å². The summed E-state index contributed by atoms with van der Waals surface area (Å²) < 4.78 is 13.1. The van der Waals surface area contributed by atoms with Crippen molar-refractivity contribution in [3.05, 3.63) is 51.7 Å². The smallest absolute Gasteiger partial charge is 0.269 e. The van der Waals surface area contributed by atoms with Crippen molar-refractivity contribution in [2.24, 2.45) is 0 Å². The van der Waals surface area contributed by atoms with Crippen LogP contribution in [0.1, 0.15) is 11.1 Å². The topological polar surface area (TPSA) is 69.5 Å². The molecule has 84 valence electrons. The van der Waals surface area contributed by atoms with Crippen LogP contribution < -0.4 is 5.56 Å². The lowest BCUT2D eigenvalue weighted by Crippen LogP contribution is -2.12. The Balaban J connectivity index is 2.54. The number of nitriles is 1. The van der Waals surface area contributed by atoms with Crippen molar-refractivity contribution in [3.8, 4) is 17.5 Å². The molecule has 1 N–H and O–H groups in total. The maximum absolute atomic E-state index is 13.1. The molecule has 0 fully saturated rings. The van der Waals surface area contributed by atoms with E-state index in [9.17, 15) is 9.18 Å². The standard InChI is InChI=1S/C12H8FN3O/c1-7-4-8(2-3-10(7)13)11-15-6-9(5-14)12(17)16-11/h2-4,6H,1H3,(H,15,16,17). The molecular weight excluding hydrogens is 221 g/mol. The van der Waals surface area contributed by atoms with Crippen LogP contribution in [0.25, 0.3) is 11.4 Å². The van der Waals surface area contributed by atoms with Crippen molar-refractivity contribution in [2.45, 2.75) is 6.92 Å². The van der Waals surface area contributed by atoms with E-state index in [2.05, 4.69) is 9.97 Å². The summed E-state index contributed by atoms with van der Waals surface area (Å²) in [5.74, 6) is 0.00171. The highest BCUT2D eigenvalue weighted by Crippen LogP contribution is 2.17. The molecule has 1 aromatic carbocycles. The summed E-state index contributed by atoms with van der Waals surface area (Å²) in [6, 6.07) is 6.14. The van der Waals surface area contributed by atoms with Crippen LogP contribution in [0, 0.1) is 24.1 Å². The van der Waals surface area contributed by atoms with Gasteiger partial charge in [-0.1, -0.05) is 0 Å². The van der Waals surface area contributed by atoms with Crippen LogP contribution in [-0.2, 0) is 0 Å². The van der Waals surface area contributed by atoms with Crippen molar-refractivity contribution in [1.82, 2.24) is 9.97 Å². The van der Waals surface area contributed by atoms with Crippen LogP contribution in [0.5, 0.6) is 0 Å². The fraction of sp³-hybridized carbons (Fsp3) is 0.0833. The lowest BCUT2D eigenvalue weighted by molar-refractivity contribution is 0.618. The van der Waals surface area contributed by atoms with E-state index in [-0.39, 0.29) is 11.4 Å². The first-order valence-corrected chi connectivity index (χ1v) is 4.88. The van der Waals surface area contributed by atoms with E-state index in [0.717, 1.165) is 0 Å². The molecule has 2 aromatic rings. The second-order valence-corrected chi connectivity index (χ2v) is 3.55. The first kappa shape index (κ1) is 11.0. The molecule has 0 aliphatic carbocycles. The molecule has 1 heterocycles. The Kier molecular flexibility index (Phi) is 2.71. The van der Waals surface area contributed by atoms with Crippen LogP contribution >= 0.6 is 0 Å². The largest absolute Gasteiger partial charge is 0.305 e. The van der Waals surface area contributed by atoms with Crippen molar-refractivity contribution in [1.29, 1.82) is 5.26 Å². The number of H-pyrrole nitrogens is 1. The number of aromatic nitrogens is 2. The van der Waals surface area contributed by atoms with Gasteiger partial charge in [0.1, 0.15) is 23.3 Å². The molecule has 0 atom stereocenters. The molecular formula is C12H8FN3O. The minimum Gasteiger partial charge on any atom is -0.305 e. The lowest BCUT2D eigenvalue weighted by Gasteiger charge is -2.02. The average Bonchev–Trinajstić information content (AvgIpc) is 2.32. The fourth-order valence-electron chi connectivity index (χ4n) is 1.41. The Bertz CT molecular complexity index is 670. The average molecular weight is 229 g/mol. The van der Waals surface area contributed by atoms with Crippen molar-refractivity contribution in [2.75, 3.05) is 0 Å². The van der Waals surface area contributed by atoms with Gasteiger partial charge in [0.2, 0.25) is 0 Å². The molecule has 0 spiro atoms. The molecule has 5 heteroatoms. The fourth-order valence-corrected chi connectivity index (χ4v) is 1.41. The number of hydrogen-bond donors (Lipinski definition) is 1. The second-order valence-electron chi connectivity index (χ2n) is 3.55. The maximum atomic E-state index is 13.1. The highest BCUT2D eigenvalue weighted by molar-refractivity contribution is 5.56. The first-order chi connectivity index (χ1) is 8.11. The van der Waals surface area contributed by atoms with Gasteiger partial charge in [0.05, 0.1) is 6.20 Å². The third-order valence-electron chi connectivity index (χ3n) is 2.35. The number of nitrogens with zero attached hydrogens (tertiary/aromatic N) is 2. The van der Waals surface area contributed by atoms with E-state index in [1.165, 1.54) is 18.3 Å². The summed E-state index contributed by atoms with van der Waals surface area (Å²) in [6.45, 7) is 1.63. The van der Waals surface area contributed by atoms with Gasteiger partial charge in [-0.25, -0.2) is 9.37 Å². The van der Waals surface area contributed by atoms with E-state index in [0.29, 0.717) is 17.0 Å². The number of aromatic amines is 1. The molecule has 0 saturated carbocycles. The molecule has 0 amide bonds. The molecule has 2 rings (SSSR count). The van der Waals surface area contributed by atoms with Crippen molar-refractivity contribution < 1.29 is 4.39 Å². The predicted octanol–water partition coefficient (Wildman–Crippen LogP) is 1.76. The summed E-state index contributed by atoms with van der Waals surface area (Å²) in [5, 5.41) is 8.60. The van der Waals surface area contributed by atoms with Gasteiger partial charge in [-0.05, 0) is 30.7 Å². The number of aryl methyl sites for hydroxylation is 1. The van der Waals surface area contributed by atoms with Gasteiger partial charge in [-0.3, -0.25) is 4.79 Å². The first-order valence-electron chi connectivity index (χ1n) is 4.88. The molecule has 0 unspecified atom stereocenters. The van der Waals surface area contributed by atoms with Gasteiger partial charge in [0.15, 0.2) is 0 Å². The predicted molar refractivity (Wildman–Crippen MR) is 59.7 cm³/mol. The van der Waals surface area contributed by atoms with Crippen LogP contribution in [0.3, 0.4) is 0 Å². The van der Waals surface area contributed by atoms with Gasteiger partial charge < -0.3 is 4.98 Å². The van der Waals surface area contributed by atoms with Crippen molar-refractivity contribution in [3.63, 3.8) is 0 Å². The van der Waals surface area contributed by atoms with E-state index >= 15 is 0 Å². The number of halogens is 1. The highest BCUT2D eigenvalue weighted by Gasteiger charge is 2.05. The minimum atomic E-state index is -0.500. The van der Waals surface area contributed by atoms with Crippen LogP contribution in [0.4, 0.5) is 4.39 Å².